The predicted molar refractivity (Wildman–Crippen MR) is 127 cm³/mol. The first-order valence-corrected chi connectivity index (χ1v) is 11.7. The van der Waals surface area contributed by atoms with Crippen LogP contribution >= 0.6 is 11.6 Å². The summed E-state index contributed by atoms with van der Waals surface area (Å²) in [4.78, 5) is 12.2. The summed E-state index contributed by atoms with van der Waals surface area (Å²) >= 11 is 6.26. The van der Waals surface area contributed by atoms with Gasteiger partial charge in [0.2, 0.25) is 10.0 Å². The molecule has 0 saturated carbocycles. The van der Waals surface area contributed by atoms with Gasteiger partial charge in [0.15, 0.2) is 0 Å². The zero-order chi connectivity index (χ0) is 22.7. The van der Waals surface area contributed by atoms with Crippen LogP contribution in [0.25, 0.3) is 33.4 Å². The summed E-state index contributed by atoms with van der Waals surface area (Å²) in [5.41, 5.74) is 5.08. The fraction of sp³-hybridized carbons (Fsp3) is 0.130. The van der Waals surface area contributed by atoms with Crippen molar-refractivity contribution in [2.45, 2.75) is 0 Å². The molecule has 0 aliphatic rings. The molecule has 0 fully saturated rings. The summed E-state index contributed by atoms with van der Waals surface area (Å²) in [5.74, 6) is 0.520. The molecule has 0 spiro atoms. The van der Waals surface area contributed by atoms with Crippen molar-refractivity contribution < 1.29 is 13.2 Å². The lowest BCUT2D eigenvalue weighted by atomic mass is 10.0. The molecule has 4 aromatic rings. The van der Waals surface area contributed by atoms with Gasteiger partial charge in [0.25, 0.3) is 0 Å². The number of fused-ring (bicyclic) bond motifs is 1. The second-order valence-corrected chi connectivity index (χ2v) is 9.46. The van der Waals surface area contributed by atoms with Crippen LogP contribution < -0.4 is 4.74 Å². The summed E-state index contributed by atoms with van der Waals surface area (Å²) in [6.07, 6.45) is 5.03. The predicted octanol–water partition coefficient (Wildman–Crippen LogP) is 4.73. The summed E-state index contributed by atoms with van der Waals surface area (Å²) < 4.78 is 30.9. The van der Waals surface area contributed by atoms with E-state index in [0.717, 1.165) is 38.8 Å². The van der Waals surface area contributed by atoms with Crippen LogP contribution in [0.1, 0.15) is 0 Å². The van der Waals surface area contributed by atoms with Gasteiger partial charge in [-0.1, -0.05) is 30.3 Å². The average molecular weight is 469 g/mol. The van der Waals surface area contributed by atoms with Crippen molar-refractivity contribution >= 4 is 32.7 Å². The van der Waals surface area contributed by atoms with Crippen molar-refractivity contribution in [2.24, 2.45) is 0 Å². The number of ether oxygens (including phenoxy) is 1. The van der Waals surface area contributed by atoms with Gasteiger partial charge in [-0.05, 0) is 35.9 Å². The van der Waals surface area contributed by atoms with Gasteiger partial charge in [-0.25, -0.2) is 8.42 Å². The lowest BCUT2D eigenvalue weighted by Gasteiger charge is -2.16. The summed E-state index contributed by atoms with van der Waals surface area (Å²) in [7, 11) is -2.03. The molecule has 7 nitrogen and oxygen atoms in total. The van der Waals surface area contributed by atoms with Crippen LogP contribution in [0.4, 0.5) is 0 Å². The zero-order valence-electron chi connectivity index (χ0n) is 17.3. The van der Waals surface area contributed by atoms with E-state index < -0.39 is 10.0 Å². The number of halogens is 1. The van der Waals surface area contributed by atoms with Gasteiger partial charge in [0.05, 0.1) is 22.9 Å². The van der Waals surface area contributed by atoms with Crippen molar-refractivity contribution in [3.05, 3.63) is 78.1 Å². The minimum Gasteiger partial charge on any atom is -0.490 e. The van der Waals surface area contributed by atoms with E-state index in [-0.39, 0.29) is 13.2 Å². The Balaban J connectivity index is 1.74. The summed E-state index contributed by atoms with van der Waals surface area (Å²) in [6.45, 7) is 3.65. The highest BCUT2D eigenvalue weighted by Crippen LogP contribution is 2.41. The van der Waals surface area contributed by atoms with Gasteiger partial charge < -0.3 is 9.72 Å². The van der Waals surface area contributed by atoms with Crippen molar-refractivity contribution in [2.75, 3.05) is 20.2 Å². The Kier molecular flexibility index (Phi) is 6.27. The number of pyridine rings is 2. The minimum absolute atomic E-state index is 0.146. The zero-order valence-corrected chi connectivity index (χ0v) is 18.9. The second kappa shape index (κ2) is 9.12. The molecular formula is C23H21ClN4O3S. The number of nitrogens with zero attached hydrogens (tertiary/aromatic N) is 3. The Morgan fingerprint density at radius 3 is 2.84 bits per heavy atom. The number of hydrogen-bond donors (Lipinski definition) is 1. The van der Waals surface area contributed by atoms with E-state index in [1.807, 2.05) is 42.5 Å². The van der Waals surface area contributed by atoms with Gasteiger partial charge in [-0.2, -0.15) is 4.31 Å². The SMILES string of the molecule is C=CS(=O)(=O)N(C)CCOc1cnccc1-c1[nH]c2cccnc2c1-c1cccc(Cl)c1. The first-order valence-electron chi connectivity index (χ1n) is 9.79. The van der Waals surface area contributed by atoms with Gasteiger partial charge in [0.1, 0.15) is 12.4 Å². The molecule has 164 valence electrons. The Morgan fingerprint density at radius 1 is 1.22 bits per heavy atom. The van der Waals surface area contributed by atoms with Crippen LogP contribution in [0.3, 0.4) is 0 Å². The molecule has 0 bridgehead atoms. The Bertz CT molecular complexity index is 1390. The lowest BCUT2D eigenvalue weighted by molar-refractivity contribution is 0.288. The van der Waals surface area contributed by atoms with E-state index in [4.69, 9.17) is 16.3 Å². The van der Waals surface area contributed by atoms with Crippen LogP contribution in [0.2, 0.25) is 5.02 Å². The monoisotopic (exact) mass is 468 g/mol. The number of sulfonamides is 1. The van der Waals surface area contributed by atoms with Crippen molar-refractivity contribution in [1.82, 2.24) is 19.3 Å². The first-order chi connectivity index (χ1) is 15.4. The third kappa shape index (κ3) is 4.38. The number of rotatable bonds is 8. The fourth-order valence-corrected chi connectivity index (χ4v) is 4.16. The molecule has 0 amide bonds. The maximum Gasteiger partial charge on any atom is 0.235 e. The molecule has 0 aliphatic carbocycles. The molecule has 1 N–H and O–H groups in total. The Hall–Kier alpha value is -3.20. The molecule has 0 radical (unpaired) electrons. The van der Waals surface area contributed by atoms with E-state index in [1.165, 1.54) is 11.4 Å². The third-order valence-electron chi connectivity index (χ3n) is 5.03. The van der Waals surface area contributed by atoms with Gasteiger partial charge in [0, 0.05) is 47.5 Å². The highest BCUT2D eigenvalue weighted by molar-refractivity contribution is 7.91. The maximum atomic E-state index is 11.9. The van der Waals surface area contributed by atoms with Crippen molar-refractivity contribution in [3.63, 3.8) is 0 Å². The number of hydrogen-bond acceptors (Lipinski definition) is 5. The molecule has 0 aliphatic heterocycles. The molecule has 3 aromatic heterocycles. The third-order valence-corrected chi connectivity index (χ3v) is 6.74. The number of aromatic nitrogens is 3. The standard InChI is InChI=1S/C23H21ClN4O3S/c1-3-32(29,30)28(2)12-13-31-20-15-25-11-9-18(20)22-21(16-6-4-7-17(24)14-16)23-19(27-22)8-5-10-26-23/h3-11,14-15,27H,1,12-13H2,2H3. The maximum absolute atomic E-state index is 11.9. The topological polar surface area (TPSA) is 88.2 Å². The molecule has 4 rings (SSSR count). The molecule has 1 aromatic carbocycles. The molecular weight excluding hydrogens is 448 g/mol. The van der Waals surface area contributed by atoms with Crippen molar-refractivity contribution in [3.8, 4) is 28.1 Å². The largest absolute Gasteiger partial charge is 0.490 e. The van der Waals surface area contributed by atoms with Gasteiger partial charge in [-0.3, -0.25) is 9.97 Å². The molecule has 0 atom stereocenters. The van der Waals surface area contributed by atoms with E-state index in [9.17, 15) is 8.42 Å². The number of aromatic amines is 1. The van der Waals surface area contributed by atoms with Crippen LogP contribution in [-0.2, 0) is 10.0 Å². The fourth-order valence-electron chi connectivity index (χ4n) is 3.39. The van der Waals surface area contributed by atoms with Crippen LogP contribution in [0.5, 0.6) is 5.75 Å². The van der Waals surface area contributed by atoms with Crippen LogP contribution in [0.15, 0.2) is 73.0 Å². The first kappa shape index (κ1) is 22.0. The van der Waals surface area contributed by atoms with Crippen LogP contribution in [0, 0.1) is 0 Å². The summed E-state index contributed by atoms with van der Waals surface area (Å²) in [6, 6.07) is 13.2. The van der Waals surface area contributed by atoms with E-state index in [1.54, 1.807) is 18.6 Å². The molecule has 0 saturated heterocycles. The van der Waals surface area contributed by atoms with E-state index >= 15 is 0 Å². The normalized spacial score (nSPS) is 11.7. The van der Waals surface area contributed by atoms with Gasteiger partial charge >= 0.3 is 0 Å². The van der Waals surface area contributed by atoms with E-state index in [0.29, 0.717) is 10.8 Å². The van der Waals surface area contributed by atoms with Crippen LogP contribution in [-0.4, -0.2) is 47.9 Å². The molecule has 3 heterocycles. The summed E-state index contributed by atoms with van der Waals surface area (Å²) in [5, 5.41) is 1.54. The molecule has 0 unspecified atom stereocenters. The number of H-pyrrole nitrogens is 1. The van der Waals surface area contributed by atoms with E-state index in [2.05, 4.69) is 21.5 Å². The number of likely N-dealkylation sites (N-methyl/N-ethyl adjacent to an activating group) is 1. The average Bonchev–Trinajstić information content (AvgIpc) is 3.18. The minimum atomic E-state index is -3.50. The Labute approximate surface area is 191 Å². The van der Waals surface area contributed by atoms with Gasteiger partial charge in [-0.15, -0.1) is 0 Å². The Morgan fingerprint density at radius 2 is 2.06 bits per heavy atom. The molecule has 32 heavy (non-hydrogen) atoms. The van der Waals surface area contributed by atoms with Crippen molar-refractivity contribution in [1.29, 1.82) is 0 Å². The smallest absolute Gasteiger partial charge is 0.235 e. The lowest BCUT2D eigenvalue weighted by Crippen LogP contribution is -2.29. The second-order valence-electron chi connectivity index (χ2n) is 7.04. The molecule has 9 heteroatoms. The quantitative estimate of drug-likeness (QED) is 0.404. The highest BCUT2D eigenvalue weighted by Gasteiger charge is 2.20. The highest BCUT2D eigenvalue weighted by atomic mass is 35.5. The number of nitrogens with one attached hydrogen (secondary N) is 1. The number of benzene rings is 1.